The summed E-state index contributed by atoms with van der Waals surface area (Å²) >= 11 is 0. The molecule has 2 rings (SSSR count). The van der Waals surface area contributed by atoms with Crippen molar-refractivity contribution in [2.24, 2.45) is 5.84 Å². The number of ether oxygens (including phenoxy) is 1. The third-order valence-electron chi connectivity index (χ3n) is 3.31. The zero-order valence-corrected chi connectivity index (χ0v) is 12.2. The minimum atomic E-state index is 0.508. The number of nitrogens with zero attached hydrogens (tertiary/aromatic N) is 3. The molecule has 1 aromatic rings. The topological polar surface area (TPSA) is 88.3 Å². The molecule has 1 aliphatic rings. The molecule has 7 nitrogen and oxygen atoms in total. The Morgan fingerprint density at radius 1 is 1.35 bits per heavy atom. The van der Waals surface area contributed by atoms with Crippen LogP contribution in [0.1, 0.15) is 24.6 Å². The fourth-order valence-corrected chi connectivity index (χ4v) is 1.89. The molecule has 4 N–H and O–H groups in total. The fraction of sp³-hybridized carbons (Fsp3) is 0.692. The van der Waals surface area contributed by atoms with E-state index in [1.54, 1.807) is 7.11 Å². The van der Waals surface area contributed by atoms with E-state index in [1.165, 1.54) is 12.8 Å². The normalized spacial score (nSPS) is 14.6. The van der Waals surface area contributed by atoms with Crippen LogP contribution < -0.4 is 16.6 Å². The second-order valence-electron chi connectivity index (χ2n) is 5.14. The molecule has 7 heteroatoms. The summed E-state index contributed by atoms with van der Waals surface area (Å²) in [5, 5.41) is 3.32. The van der Waals surface area contributed by atoms with Crippen LogP contribution in [0.25, 0.3) is 0 Å². The van der Waals surface area contributed by atoms with Crippen LogP contribution >= 0.6 is 0 Å². The Labute approximate surface area is 119 Å². The van der Waals surface area contributed by atoms with Crippen molar-refractivity contribution < 1.29 is 4.74 Å². The molecule has 1 saturated carbocycles. The van der Waals surface area contributed by atoms with E-state index in [2.05, 4.69) is 32.7 Å². The lowest BCUT2D eigenvalue weighted by Crippen LogP contribution is -2.28. The van der Waals surface area contributed by atoms with E-state index >= 15 is 0 Å². The van der Waals surface area contributed by atoms with Gasteiger partial charge in [0.05, 0.1) is 6.61 Å². The van der Waals surface area contributed by atoms with Crippen molar-refractivity contribution in [3.05, 3.63) is 11.9 Å². The molecule has 0 spiro atoms. The molecule has 112 valence electrons. The predicted octanol–water partition coefficient (Wildman–Crippen LogP) is 0.630. The van der Waals surface area contributed by atoms with Crippen molar-refractivity contribution in [2.75, 3.05) is 51.1 Å². The Kier molecular flexibility index (Phi) is 5.51. The lowest BCUT2D eigenvalue weighted by Gasteiger charge is -2.16. The van der Waals surface area contributed by atoms with Gasteiger partial charge in [-0.1, -0.05) is 0 Å². The SMILES string of the molecule is COCCN(C)CCNc1cc(NN)nc(C2CC2)n1. The summed E-state index contributed by atoms with van der Waals surface area (Å²) in [5.74, 6) is 8.33. The molecular weight excluding hydrogens is 256 g/mol. The van der Waals surface area contributed by atoms with Crippen molar-refractivity contribution in [1.82, 2.24) is 14.9 Å². The van der Waals surface area contributed by atoms with Crippen LogP contribution in [0.3, 0.4) is 0 Å². The van der Waals surface area contributed by atoms with Gasteiger partial charge in [-0.3, -0.25) is 0 Å². The van der Waals surface area contributed by atoms with Gasteiger partial charge in [-0.2, -0.15) is 0 Å². The number of hydrogen-bond donors (Lipinski definition) is 3. The van der Waals surface area contributed by atoms with E-state index in [4.69, 9.17) is 10.6 Å². The summed E-state index contributed by atoms with van der Waals surface area (Å²) in [6, 6.07) is 1.83. The van der Waals surface area contributed by atoms with Crippen molar-refractivity contribution in [3.63, 3.8) is 0 Å². The van der Waals surface area contributed by atoms with Crippen LogP contribution in [-0.4, -0.2) is 55.3 Å². The van der Waals surface area contributed by atoms with E-state index in [9.17, 15) is 0 Å². The molecule has 20 heavy (non-hydrogen) atoms. The van der Waals surface area contributed by atoms with Crippen LogP contribution in [0.2, 0.25) is 0 Å². The number of nitrogen functional groups attached to an aromatic ring is 1. The molecule has 0 unspecified atom stereocenters. The highest BCUT2D eigenvalue weighted by Crippen LogP contribution is 2.38. The molecule has 1 aromatic heterocycles. The van der Waals surface area contributed by atoms with Crippen LogP contribution in [0.4, 0.5) is 11.6 Å². The van der Waals surface area contributed by atoms with Gasteiger partial charge in [0.25, 0.3) is 0 Å². The smallest absolute Gasteiger partial charge is 0.145 e. The lowest BCUT2D eigenvalue weighted by molar-refractivity contribution is 0.163. The number of rotatable bonds is 9. The summed E-state index contributed by atoms with van der Waals surface area (Å²) in [6.07, 6.45) is 2.35. The Morgan fingerprint density at radius 3 is 2.75 bits per heavy atom. The first-order valence-corrected chi connectivity index (χ1v) is 7.00. The van der Waals surface area contributed by atoms with E-state index in [0.29, 0.717) is 11.7 Å². The van der Waals surface area contributed by atoms with Gasteiger partial charge in [-0.05, 0) is 19.9 Å². The monoisotopic (exact) mass is 280 g/mol. The van der Waals surface area contributed by atoms with Crippen molar-refractivity contribution >= 4 is 11.6 Å². The molecular formula is C13H24N6O. The van der Waals surface area contributed by atoms with Crippen molar-refractivity contribution in [2.45, 2.75) is 18.8 Å². The van der Waals surface area contributed by atoms with Gasteiger partial charge in [-0.15, -0.1) is 0 Å². The van der Waals surface area contributed by atoms with Gasteiger partial charge in [0.2, 0.25) is 0 Å². The van der Waals surface area contributed by atoms with Crippen LogP contribution in [0, 0.1) is 0 Å². The third kappa shape index (κ3) is 4.59. The van der Waals surface area contributed by atoms with Crippen molar-refractivity contribution in [1.29, 1.82) is 0 Å². The zero-order chi connectivity index (χ0) is 14.4. The van der Waals surface area contributed by atoms with Gasteiger partial charge in [0, 0.05) is 38.7 Å². The number of nitrogens with two attached hydrogens (primary N) is 1. The predicted molar refractivity (Wildman–Crippen MR) is 79.7 cm³/mol. The van der Waals surface area contributed by atoms with Crippen LogP contribution in [0.15, 0.2) is 6.07 Å². The number of methoxy groups -OCH3 is 1. The Morgan fingerprint density at radius 2 is 2.10 bits per heavy atom. The zero-order valence-electron chi connectivity index (χ0n) is 12.2. The van der Waals surface area contributed by atoms with E-state index in [0.717, 1.165) is 37.9 Å². The molecule has 0 aliphatic heterocycles. The third-order valence-corrected chi connectivity index (χ3v) is 3.31. The summed E-state index contributed by atoms with van der Waals surface area (Å²) in [6.45, 7) is 3.42. The van der Waals surface area contributed by atoms with Crippen molar-refractivity contribution in [3.8, 4) is 0 Å². The molecule has 0 saturated heterocycles. The summed E-state index contributed by atoms with van der Waals surface area (Å²) in [5.41, 5.74) is 2.60. The van der Waals surface area contributed by atoms with Crippen LogP contribution in [-0.2, 0) is 4.74 Å². The average molecular weight is 280 g/mol. The first-order chi connectivity index (χ1) is 9.72. The molecule has 1 aliphatic carbocycles. The highest BCUT2D eigenvalue weighted by Gasteiger charge is 2.27. The number of nitrogens with one attached hydrogen (secondary N) is 2. The first-order valence-electron chi connectivity index (χ1n) is 7.00. The average Bonchev–Trinajstić information content (AvgIpc) is 3.29. The summed E-state index contributed by atoms with van der Waals surface area (Å²) < 4.78 is 5.05. The summed E-state index contributed by atoms with van der Waals surface area (Å²) in [7, 11) is 3.79. The molecule has 0 atom stereocenters. The minimum Gasteiger partial charge on any atom is -0.383 e. The molecule has 0 radical (unpaired) electrons. The van der Waals surface area contributed by atoms with Gasteiger partial charge in [0.15, 0.2) is 0 Å². The second-order valence-corrected chi connectivity index (χ2v) is 5.14. The Hall–Kier alpha value is -1.44. The van der Waals surface area contributed by atoms with Gasteiger partial charge < -0.3 is 20.4 Å². The Balaban J connectivity index is 1.84. The number of likely N-dealkylation sites (N-methyl/N-ethyl adjacent to an activating group) is 1. The maximum atomic E-state index is 5.45. The quantitative estimate of drug-likeness (QED) is 0.451. The maximum Gasteiger partial charge on any atom is 0.145 e. The molecule has 0 amide bonds. The number of aromatic nitrogens is 2. The first kappa shape index (κ1) is 15.0. The minimum absolute atomic E-state index is 0.508. The van der Waals surface area contributed by atoms with E-state index < -0.39 is 0 Å². The van der Waals surface area contributed by atoms with Gasteiger partial charge in [-0.25, -0.2) is 15.8 Å². The summed E-state index contributed by atoms with van der Waals surface area (Å²) in [4.78, 5) is 11.1. The molecule has 0 bridgehead atoms. The molecule has 0 aromatic carbocycles. The molecule has 1 fully saturated rings. The Bertz CT molecular complexity index is 423. The lowest BCUT2D eigenvalue weighted by atomic mass is 10.3. The van der Waals surface area contributed by atoms with Crippen LogP contribution in [0.5, 0.6) is 0 Å². The van der Waals surface area contributed by atoms with E-state index in [1.807, 2.05) is 6.07 Å². The van der Waals surface area contributed by atoms with E-state index in [-0.39, 0.29) is 0 Å². The van der Waals surface area contributed by atoms with Gasteiger partial charge in [0.1, 0.15) is 17.5 Å². The largest absolute Gasteiger partial charge is 0.383 e. The highest BCUT2D eigenvalue weighted by molar-refractivity contribution is 5.47. The number of anilines is 2. The number of hydrogen-bond acceptors (Lipinski definition) is 7. The maximum absolute atomic E-state index is 5.45. The number of hydrazine groups is 1. The highest BCUT2D eigenvalue weighted by atomic mass is 16.5. The standard InChI is InChI=1S/C13H24N6O/c1-19(7-8-20-2)6-5-15-11-9-12(18-14)17-13(16-11)10-3-4-10/h9-10H,3-8,14H2,1-2H3,(H2,15,16,17,18). The molecule has 1 heterocycles. The van der Waals surface area contributed by atoms with Gasteiger partial charge >= 0.3 is 0 Å². The fourth-order valence-electron chi connectivity index (χ4n) is 1.89. The second kappa shape index (κ2) is 7.37.